The summed E-state index contributed by atoms with van der Waals surface area (Å²) in [7, 11) is 0. The molecule has 0 radical (unpaired) electrons. The van der Waals surface area contributed by atoms with E-state index in [1.807, 2.05) is 0 Å². The fourth-order valence-electron chi connectivity index (χ4n) is 3.12. The van der Waals surface area contributed by atoms with Gasteiger partial charge in [-0.05, 0) is 68.2 Å². The zero-order chi connectivity index (χ0) is 18.1. The SMILES string of the molecule is C/C=C\C(=C/C)N(c1ccc(CCC)cc1)c1ccc(CCC)cc1. The highest BCUT2D eigenvalue weighted by Gasteiger charge is 2.12. The molecule has 25 heavy (non-hydrogen) atoms. The number of hydrogen-bond acceptors (Lipinski definition) is 1. The largest absolute Gasteiger partial charge is 0.311 e. The van der Waals surface area contributed by atoms with Crippen LogP contribution in [0.4, 0.5) is 11.4 Å². The van der Waals surface area contributed by atoms with Gasteiger partial charge in [0.25, 0.3) is 0 Å². The van der Waals surface area contributed by atoms with Crippen LogP contribution in [0.25, 0.3) is 0 Å². The van der Waals surface area contributed by atoms with Gasteiger partial charge in [-0.15, -0.1) is 0 Å². The Hall–Kier alpha value is -2.28. The predicted octanol–water partition coefficient (Wildman–Crippen LogP) is 7.21. The predicted molar refractivity (Wildman–Crippen MR) is 112 cm³/mol. The number of hydrogen-bond donors (Lipinski definition) is 0. The van der Waals surface area contributed by atoms with E-state index in [2.05, 4.69) is 99.4 Å². The van der Waals surface area contributed by atoms with Crippen LogP contribution in [-0.4, -0.2) is 0 Å². The van der Waals surface area contributed by atoms with Crippen molar-refractivity contribution in [3.05, 3.63) is 83.6 Å². The summed E-state index contributed by atoms with van der Waals surface area (Å²) in [4.78, 5) is 2.32. The van der Waals surface area contributed by atoms with Gasteiger partial charge in [0.1, 0.15) is 0 Å². The lowest BCUT2D eigenvalue weighted by atomic mass is 10.1. The molecule has 1 heteroatoms. The van der Waals surface area contributed by atoms with Crippen molar-refractivity contribution in [2.24, 2.45) is 0 Å². The quantitative estimate of drug-likeness (QED) is 0.461. The smallest absolute Gasteiger partial charge is 0.0461 e. The van der Waals surface area contributed by atoms with Gasteiger partial charge in [0, 0.05) is 17.1 Å². The van der Waals surface area contributed by atoms with E-state index in [0.717, 1.165) is 12.8 Å². The summed E-state index contributed by atoms with van der Waals surface area (Å²) in [5.74, 6) is 0. The molecule has 0 amide bonds. The third-order valence-corrected chi connectivity index (χ3v) is 4.36. The van der Waals surface area contributed by atoms with Crippen LogP contribution in [-0.2, 0) is 12.8 Å². The summed E-state index contributed by atoms with van der Waals surface area (Å²) in [5.41, 5.74) is 6.40. The fraction of sp³-hybridized carbons (Fsp3) is 0.333. The second-order valence-corrected chi connectivity index (χ2v) is 6.38. The average Bonchev–Trinajstić information content (AvgIpc) is 2.64. The van der Waals surface area contributed by atoms with E-state index in [0.29, 0.717) is 0 Å². The zero-order valence-corrected chi connectivity index (χ0v) is 16.1. The molecule has 0 saturated heterocycles. The van der Waals surface area contributed by atoms with Gasteiger partial charge in [-0.25, -0.2) is 0 Å². The number of anilines is 2. The third kappa shape index (κ3) is 5.09. The van der Waals surface area contributed by atoms with Crippen molar-refractivity contribution in [1.82, 2.24) is 0 Å². The van der Waals surface area contributed by atoms with E-state index in [4.69, 9.17) is 0 Å². The maximum Gasteiger partial charge on any atom is 0.0461 e. The minimum Gasteiger partial charge on any atom is -0.311 e. The molecule has 2 rings (SSSR count). The van der Waals surface area contributed by atoms with Gasteiger partial charge in [0.2, 0.25) is 0 Å². The summed E-state index contributed by atoms with van der Waals surface area (Å²) in [5, 5.41) is 0. The van der Waals surface area contributed by atoms with Crippen LogP contribution in [0, 0.1) is 0 Å². The summed E-state index contributed by atoms with van der Waals surface area (Å²) >= 11 is 0. The molecule has 0 aliphatic carbocycles. The second-order valence-electron chi connectivity index (χ2n) is 6.38. The van der Waals surface area contributed by atoms with Crippen molar-refractivity contribution < 1.29 is 0 Å². The number of allylic oxidation sites excluding steroid dienone is 3. The first-order valence-electron chi connectivity index (χ1n) is 9.50. The molecule has 0 aliphatic heterocycles. The maximum atomic E-state index is 2.32. The summed E-state index contributed by atoms with van der Waals surface area (Å²) < 4.78 is 0. The van der Waals surface area contributed by atoms with E-state index in [-0.39, 0.29) is 0 Å². The van der Waals surface area contributed by atoms with Gasteiger partial charge in [-0.1, -0.05) is 63.1 Å². The lowest BCUT2D eigenvalue weighted by molar-refractivity contribution is 0.920. The molecule has 0 N–H and O–H groups in total. The van der Waals surface area contributed by atoms with E-state index in [9.17, 15) is 0 Å². The first-order chi connectivity index (χ1) is 12.2. The maximum absolute atomic E-state index is 2.32. The van der Waals surface area contributed by atoms with Crippen LogP contribution in [0.1, 0.15) is 51.7 Å². The normalized spacial score (nSPS) is 11.9. The molecule has 0 atom stereocenters. The monoisotopic (exact) mass is 333 g/mol. The summed E-state index contributed by atoms with van der Waals surface area (Å²) in [6, 6.07) is 17.9. The molecule has 132 valence electrons. The molecule has 1 nitrogen and oxygen atoms in total. The highest BCUT2D eigenvalue weighted by Crippen LogP contribution is 2.31. The van der Waals surface area contributed by atoms with Gasteiger partial charge in [0.15, 0.2) is 0 Å². The Kier molecular flexibility index (Phi) is 7.53. The first kappa shape index (κ1) is 19.1. The van der Waals surface area contributed by atoms with Gasteiger partial charge in [-0.2, -0.15) is 0 Å². The summed E-state index contributed by atoms with van der Waals surface area (Å²) in [6.45, 7) is 8.61. The van der Waals surface area contributed by atoms with Crippen molar-refractivity contribution in [2.45, 2.75) is 53.4 Å². The Balaban J connectivity index is 2.42. The lowest BCUT2D eigenvalue weighted by Gasteiger charge is -2.26. The van der Waals surface area contributed by atoms with Crippen molar-refractivity contribution >= 4 is 11.4 Å². The Labute approximate surface area is 153 Å². The standard InChI is InChI=1S/C24H31N/c1-5-9-20-12-16-23(17-13-20)25(22(8-4)11-7-3)24-18-14-21(10-6-2)15-19-24/h7-8,11-19H,5-6,9-10H2,1-4H3/b11-7-,22-8+. The Morgan fingerprint density at radius 1 is 0.760 bits per heavy atom. The fourth-order valence-corrected chi connectivity index (χ4v) is 3.12. The van der Waals surface area contributed by atoms with E-state index < -0.39 is 0 Å². The van der Waals surface area contributed by atoms with Crippen LogP contribution in [0.5, 0.6) is 0 Å². The lowest BCUT2D eigenvalue weighted by Crippen LogP contribution is -2.15. The van der Waals surface area contributed by atoms with Crippen molar-refractivity contribution in [1.29, 1.82) is 0 Å². The Morgan fingerprint density at radius 2 is 1.20 bits per heavy atom. The Bertz CT molecular complexity index is 640. The number of aryl methyl sites for hydroxylation is 2. The molecular formula is C24H31N. The zero-order valence-electron chi connectivity index (χ0n) is 16.1. The van der Waals surface area contributed by atoms with Crippen LogP contribution >= 0.6 is 0 Å². The van der Waals surface area contributed by atoms with Crippen LogP contribution < -0.4 is 4.90 Å². The molecule has 0 unspecified atom stereocenters. The van der Waals surface area contributed by atoms with Crippen molar-refractivity contribution in [3.8, 4) is 0 Å². The molecule has 0 bridgehead atoms. The van der Waals surface area contributed by atoms with E-state index >= 15 is 0 Å². The molecule has 0 aliphatic rings. The first-order valence-corrected chi connectivity index (χ1v) is 9.50. The number of benzene rings is 2. The number of nitrogens with zero attached hydrogens (tertiary/aromatic N) is 1. The van der Waals surface area contributed by atoms with Gasteiger partial charge >= 0.3 is 0 Å². The minimum atomic E-state index is 1.14. The van der Waals surface area contributed by atoms with Gasteiger partial charge in [0.05, 0.1) is 0 Å². The third-order valence-electron chi connectivity index (χ3n) is 4.36. The number of rotatable bonds is 8. The van der Waals surface area contributed by atoms with E-state index in [1.54, 1.807) is 0 Å². The topological polar surface area (TPSA) is 3.24 Å². The molecule has 0 saturated carbocycles. The van der Waals surface area contributed by atoms with Gasteiger partial charge < -0.3 is 4.90 Å². The molecule has 0 fully saturated rings. The highest BCUT2D eigenvalue weighted by atomic mass is 15.1. The molecule has 0 aromatic heterocycles. The molecular weight excluding hydrogens is 302 g/mol. The van der Waals surface area contributed by atoms with Gasteiger partial charge in [-0.3, -0.25) is 0 Å². The molecule has 2 aromatic rings. The average molecular weight is 334 g/mol. The minimum absolute atomic E-state index is 1.14. The van der Waals surface area contributed by atoms with E-state index in [1.165, 1.54) is 41.0 Å². The molecule has 0 spiro atoms. The Morgan fingerprint density at radius 3 is 1.52 bits per heavy atom. The van der Waals surface area contributed by atoms with Crippen LogP contribution in [0.3, 0.4) is 0 Å². The highest BCUT2D eigenvalue weighted by molar-refractivity contribution is 5.70. The molecule has 0 heterocycles. The van der Waals surface area contributed by atoms with Crippen LogP contribution in [0.15, 0.2) is 72.5 Å². The van der Waals surface area contributed by atoms with Crippen LogP contribution in [0.2, 0.25) is 0 Å². The molecule has 2 aromatic carbocycles. The summed E-state index contributed by atoms with van der Waals surface area (Å²) in [6.07, 6.45) is 11.1. The van der Waals surface area contributed by atoms with Crippen molar-refractivity contribution in [2.75, 3.05) is 4.90 Å². The second kappa shape index (κ2) is 9.88. The van der Waals surface area contributed by atoms with Crippen molar-refractivity contribution in [3.63, 3.8) is 0 Å².